The number of carbonyl (C=O) groups is 2. The summed E-state index contributed by atoms with van der Waals surface area (Å²) in [6.45, 7) is -0.518. The van der Waals surface area contributed by atoms with E-state index in [-0.39, 0.29) is 12.2 Å². The minimum Gasteiger partial charge on any atom is -0.388 e. The van der Waals surface area contributed by atoms with Crippen molar-refractivity contribution in [3.05, 3.63) is 48.0 Å². The van der Waals surface area contributed by atoms with Crippen molar-refractivity contribution in [3.63, 3.8) is 0 Å². The average molecular weight is 204 g/mol. The van der Waals surface area contributed by atoms with E-state index in [4.69, 9.17) is 5.11 Å². The van der Waals surface area contributed by atoms with Crippen molar-refractivity contribution in [2.24, 2.45) is 0 Å². The van der Waals surface area contributed by atoms with Crippen LogP contribution >= 0.6 is 0 Å². The van der Waals surface area contributed by atoms with Crippen molar-refractivity contribution < 1.29 is 14.7 Å². The van der Waals surface area contributed by atoms with Crippen LogP contribution in [0.1, 0.15) is 16.8 Å². The molecule has 1 N–H and O–H groups in total. The van der Waals surface area contributed by atoms with Crippen molar-refractivity contribution in [3.8, 4) is 0 Å². The lowest BCUT2D eigenvalue weighted by Crippen LogP contribution is -2.00. The molecule has 0 amide bonds. The van der Waals surface area contributed by atoms with Crippen LogP contribution in [0.25, 0.3) is 0 Å². The fourth-order valence-corrected chi connectivity index (χ4v) is 1.09. The molecule has 0 unspecified atom stereocenters. The van der Waals surface area contributed by atoms with Gasteiger partial charge in [-0.1, -0.05) is 36.4 Å². The standard InChI is InChI=1S/C12H12O3/c13-9-11(14)7-4-8-12(15)10-5-2-1-3-6-10/h1-7,13H,8-9H2. The zero-order valence-electron chi connectivity index (χ0n) is 8.22. The molecule has 0 bridgehead atoms. The van der Waals surface area contributed by atoms with Crippen LogP contribution in [0.3, 0.4) is 0 Å². The molecule has 0 aliphatic rings. The Balaban J connectivity index is 2.51. The maximum Gasteiger partial charge on any atom is 0.180 e. The first-order chi connectivity index (χ1) is 7.24. The van der Waals surface area contributed by atoms with E-state index in [1.807, 2.05) is 6.07 Å². The number of rotatable bonds is 5. The Labute approximate surface area is 88.0 Å². The average Bonchev–Trinajstić information content (AvgIpc) is 2.29. The SMILES string of the molecule is O=C(C=CCC(=O)c1ccccc1)CO. The van der Waals surface area contributed by atoms with Gasteiger partial charge in [0.05, 0.1) is 0 Å². The molecule has 15 heavy (non-hydrogen) atoms. The second kappa shape index (κ2) is 5.88. The quantitative estimate of drug-likeness (QED) is 0.582. The molecule has 78 valence electrons. The van der Waals surface area contributed by atoms with Crippen molar-refractivity contribution >= 4 is 11.6 Å². The molecule has 0 spiro atoms. The molecule has 0 saturated heterocycles. The first-order valence-corrected chi connectivity index (χ1v) is 4.62. The fourth-order valence-electron chi connectivity index (χ4n) is 1.09. The summed E-state index contributed by atoms with van der Waals surface area (Å²) in [6.07, 6.45) is 2.87. The van der Waals surface area contributed by atoms with Crippen LogP contribution in [0.4, 0.5) is 0 Å². The minimum atomic E-state index is -0.518. The highest BCUT2D eigenvalue weighted by Crippen LogP contribution is 2.03. The largest absolute Gasteiger partial charge is 0.388 e. The predicted molar refractivity (Wildman–Crippen MR) is 56.6 cm³/mol. The monoisotopic (exact) mass is 204 g/mol. The Morgan fingerprint density at radius 2 is 1.87 bits per heavy atom. The number of aliphatic hydroxyl groups is 1. The summed E-state index contributed by atoms with van der Waals surface area (Å²) in [5, 5.41) is 8.43. The van der Waals surface area contributed by atoms with E-state index in [2.05, 4.69) is 0 Å². The highest BCUT2D eigenvalue weighted by molar-refractivity contribution is 5.98. The molecule has 0 radical (unpaired) electrons. The number of carbonyl (C=O) groups excluding carboxylic acids is 2. The third-order valence-corrected chi connectivity index (χ3v) is 1.86. The Kier molecular flexibility index (Phi) is 4.44. The van der Waals surface area contributed by atoms with Crippen LogP contribution in [-0.4, -0.2) is 23.3 Å². The molecule has 0 fully saturated rings. The second-order valence-corrected chi connectivity index (χ2v) is 3.02. The second-order valence-electron chi connectivity index (χ2n) is 3.02. The molecule has 1 aromatic rings. The number of hydrogen-bond donors (Lipinski definition) is 1. The van der Waals surface area contributed by atoms with Gasteiger partial charge in [-0.15, -0.1) is 0 Å². The molecule has 0 saturated carbocycles. The summed E-state index contributed by atoms with van der Waals surface area (Å²) >= 11 is 0. The normalized spacial score (nSPS) is 10.5. The summed E-state index contributed by atoms with van der Waals surface area (Å²) in [7, 11) is 0. The highest BCUT2D eigenvalue weighted by atomic mass is 16.3. The van der Waals surface area contributed by atoms with E-state index in [9.17, 15) is 9.59 Å². The molecular formula is C12H12O3. The Hall–Kier alpha value is -1.74. The Morgan fingerprint density at radius 1 is 1.20 bits per heavy atom. The lowest BCUT2D eigenvalue weighted by atomic mass is 10.1. The van der Waals surface area contributed by atoms with Gasteiger partial charge >= 0.3 is 0 Å². The topological polar surface area (TPSA) is 54.4 Å². The maximum atomic E-state index is 11.5. The smallest absolute Gasteiger partial charge is 0.180 e. The number of ketones is 2. The van der Waals surface area contributed by atoms with Crippen molar-refractivity contribution in [2.45, 2.75) is 6.42 Å². The summed E-state index contributed by atoms with van der Waals surface area (Å²) < 4.78 is 0. The molecule has 1 aromatic carbocycles. The van der Waals surface area contributed by atoms with Crippen LogP contribution in [-0.2, 0) is 4.79 Å². The third-order valence-electron chi connectivity index (χ3n) is 1.86. The van der Waals surface area contributed by atoms with Gasteiger partial charge < -0.3 is 5.11 Å². The summed E-state index contributed by atoms with van der Waals surface area (Å²) in [6, 6.07) is 8.86. The van der Waals surface area contributed by atoms with E-state index < -0.39 is 12.4 Å². The molecule has 3 heteroatoms. The van der Waals surface area contributed by atoms with Crippen LogP contribution in [0, 0.1) is 0 Å². The molecule has 0 aliphatic carbocycles. The zero-order chi connectivity index (χ0) is 11.1. The molecule has 1 rings (SSSR count). The van der Waals surface area contributed by atoms with Crippen LogP contribution < -0.4 is 0 Å². The molecule has 3 nitrogen and oxygen atoms in total. The van der Waals surface area contributed by atoms with E-state index >= 15 is 0 Å². The summed E-state index contributed by atoms with van der Waals surface area (Å²) in [5.41, 5.74) is 0.624. The maximum absolute atomic E-state index is 11.5. The number of hydrogen-bond acceptors (Lipinski definition) is 3. The molecule has 0 heterocycles. The van der Waals surface area contributed by atoms with Gasteiger partial charge in [-0.3, -0.25) is 9.59 Å². The van der Waals surface area contributed by atoms with E-state index in [0.717, 1.165) is 0 Å². The van der Waals surface area contributed by atoms with Crippen molar-refractivity contribution in [1.29, 1.82) is 0 Å². The van der Waals surface area contributed by atoms with Gasteiger partial charge in [0.15, 0.2) is 11.6 Å². The fraction of sp³-hybridized carbons (Fsp3) is 0.167. The van der Waals surface area contributed by atoms with E-state index in [1.54, 1.807) is 24.3 Å². The number of benzene rings is 1. The van der Waals surface area contributed by atoms with Gasteiger partial charge in [0.2, 0.25) is 0 Å². The van der Waals surface area contributed by atoms with E-state index in [0.29, 0.717) is 5.56 Å². The lowest BCUT2D eigenvalue weighted by molar-refractivity contribution is -0.117. The summed E-state index contributed by atoms with van der Waals surface area (Å²) in [5.74, 6) is -0.437. The Morgan fingerprint density at radius 3 is 2.47 bits per heavy atom. The van der Waals surface area contributed by atoms with Gasteiger partial charge in [0.1, 0.15) is 6.61 Å². The first kappa shape index (κ1) is 11.3. The van der Waals surface area contributed by atoms with Gasteiger partial charge in [-0.05, 0) is 6.08 Å². The summed E-state index contributed by atoms with van der Waals surface area (Å²) in [4.78, 5) is 22.2. The minimum absolute atomic E-state index is 0.0439. The third kappa shape index (κ3) is 3.87. The van der Waals surface area contributed by atoms with Crippen molar-refractivity contribution in [2.75, 3.05) is 6.61 Å². The predicted octanol–water partition coefficient (Wildman–Crippen LogP) is 1.38. The van der Waals surface area contributed by atoms with Crippen molar-refractivity contribution in [1.82, 2.24) is 0 Å². The highest BCUT2D eigenvalue weighted by Gasteiger charge is 2.01. The van der Waals surface area contributed by atoms with Crippen LogP contribution in [0.5, 0.6) is 0 Å². The molecule has 0 atom stereocenters. The zero-order valence-corrected chi connectivity index (χ0v) is 8.22. The Bertz CT molecular complexity index is 366. The molecule has 0 aliphatic heterocycles. The van der Waals surface area contributed by atoms with Gasteiger partial charge in [0, 0.05) is 12.0 Å². The molecule has 0 aromatic heterocycles. The van der Waals surface area contributed by atoms with Gasteiger partial charge in [0.25, 0.3) is 0 Å². The molecular weight excluding hydrogens is 192 g/mol. The number of allylic oxidation sites excluding steroid dienone is 1. The van der Waals surface area contributed by atoms with Crippen LogP contribution in [0.2, 0.25) is 0 Å². The number of aliphatic hydroxyl groups excluding tert-OH is 1. The van der Waals surface area contributed by atoms with Gasteiger partial charge in [-0.2, -0.15) is 0 Å². The number of Topliss-reactive ketones (excluding diaryl/α,β-unsaturated/α-hetero) is 1. The van der Waals surface area contributed by atoms with Gasteiger partial charge in [-0.25, -0.2) is 0 Å². The lowest BCUT2D eigenvalue weighted by Gasteiger charge is -1.95. The van der Waals surface area contributed by atoms with Crippen LogP contribution in [0.15, 0.2) is 42.5 Å². The first-order valence-electron chi connectivity index (χ1n) is 4.62. The van der Waals surface area contributed by atoms with E-state index in [1.165, 1.54) is 12.2 Å².